The summed E-state index contributed by atoms with van der Waals surface area (Å²) in [4.78, 5) is 37.3. The lowest BCUT2D eigenvalue weighted by atomic mass is 10.1. The number of hydrogen-bond acceptors (Lipinski definition) is 6. The van der Waals surface area contributed by atoms with Gasteiger partial charge in [0, 0.05) is 31.1 Å². The second kappa shape index (κ2) is 6.94. The van der Waals surface area contributed by atoms with Crippen LogP contribution in [-0.2, 0) is 20.9 Å². The number of furan rings is 1. The van der Waals surface area contributed by atoms with Gasteiger partial charge in [-0.25, -0.2) is 9.59 Å². The summed E-state index contributed by atoms with van der Waals surface area (Å²) in [5.41, 5.74) is 1.08. The molecule has 1 aliphatic rings. The van der Waals surface area contributed by atoms with E-state index >= 15 is 0 Å². The minimum Gasteiger partial charge on any atom is -0.449 e. The van der Waals surface area contributed by atoms with E-state index in [1.54, 1.807) is 12.1 Å². The molecule has 0 radical (unpaired) electrons. The summed E-state index contributed by atoms with van der Waals surface area (Å²) >= 11 is 0. The summed E-state index contributed by atoms with van der Waals surface area (Å²) < 4.78 is 15.9. The van der Waals surface area contributed by atoms with Gasteiger partial charge in [-0.1, -0.05) is 18.2 Å². The lowest BCUT2D eigenvalue weighted by molar-refractivity contribution is -0.136. The summed E-state index contributed by atoms with van der Waals surface area (Å²) in [7, 11) is 1.51. The van der Waals surface area contributed by atoms with Crippen LogP contribution in [0.5, 0.6) is 0 Å². The van der Waals surface area contributed by atoms with Crippen molar-refractivity contribution in [2.75, 3.05) is 20.2 Å². The van der Waals surface area contributed by atoms with Crippen molar-refractivity contribution in [2.24, 2.45) is 0 Å². The van der Waals surface area contributed by atoms with Crippen LogP contribution in [-0.4, -0.2) is 49.1 Å². The molecular weight excluding hydrogens is 328 g/mol. The Morgan fingerprint density at radius 2 is 2.12 bits per heavy atom. The smallest absolute Gasteiger partial charge is 0.375 e. The lowest BCUT2D eigenvalue weighted by Crippen LogP contribution is -2.41. The van der Waals surface area contributed by atoms with Gasteiger partial charge in [0.2, 0.25) is 5.76 Å². The van der Waals surface area contributed by atoms with Gasteiger partial charge in [-0.2, -0.15) is 0 Å². The number of hydrogen-bond donors (Lipinski definition) is 1. The molecule has 1 aromatic carbocycles. The number of imide groups is 1. The zero-order valence-corrected chi connectivity index (χ0v) is 13.9. The molecular formula is C17H18N2O6. The number of urea groups is 1. The van der Waals surface area contributed by atoms with Gasteiger partial charge in [0.1, 0.15) is 5.58 Å². The SMILES string of the molecule is COCc1c(C(=O)O[C@@H](C)C(=O)N2CCNC2=O)oc2ccccc12. The molecule has 1 atom stereocenters. The summed E-state index contributed by atoms with van der Waals surface area (Å²) in [5, 5.41) is 3.27. The third-order valence-electron chi connectivity index (χ3n) is 3.93. The minimum absolute atomic E-state index is 0.00595. The van der Waals surface area contributed by atoms with Crippen molar-refractivity contribution in [3.8, 4) is 0 Å². The molecule has 8 nitrogen and oxygen atoms in total. The molecule has 1 N–H and O–H groups in total. The van der Waals surface area contributed by atoms with E-state index < -0.39 is 24.0 Å². The van der Waals surface area contributed by atoms with E-state index in [0.717, 1.165) is 10.3 Å². The maximum absolute atomic E-state index is 12.5. The number of para-hydroxylation sites is 1. The molecule has 2 heterocycles. The molecule has 1 fully saturated rings. The Balaban J connectivity index is 1.81. The quantitative estimate of drug-likeness (QED) is 0.827. The monoisotopic (exact) mass is 346 g/mol. The zero-order valence-electron chi connectivity index (χ0n) is 13.9. The van der Waals surface area contributed by atoms with Crippen LogP contribution in [0.25, 0.3) is 11.0 Å². The third-order valence-corrected chi connectivity index (χ3v) is 3.93. The highest BCUT2D eigenvalue weighted by atomic mass is 16.6. The largest absolute Gasteiger partial charge is 0.449 e. The number of ether oxygens (including phenoxy) is 2. The summed E-state index contributed by atoms with van der Waals surface area (Å²) in [5.74, 6) is -1.36. The molecule has 1 saturated heterocycles. The first-order valence-electron chi connectivity index (χ1n) is 7.82. The third kappa shape index (κ3) is 3.20. The maximum Gasteiger partial charge on any atom is 0.375 e. The number of amides is 3. The van der Waals surface area contributed by atoms with Gasteiger partial charge >= 0.3 is 12.0 Å². The van der Waals surface area contributed by atoms with Gasteiger partial charge in [-0.3, -0.25) is 9.69 Å². The van der Waals surface area contributed by atoms with E-state index in [1.165, 1.54) is 14.0 Å². The second-order valence-corrected chi connectivity index (χ2v) is 5.61. The number of rotatable bonds is 5. The molecule has 1 aromatic heterocycles. The Morgan fingerprint density at radius 1 is 1.36 bits per heavy atom. The van der Waals surface area contributed by atoms with Gasteiger partial charge in [0.15, 0.2) is 6.10 Å². The predicted molar refractivity (Wildman–Crippen MR) is 86.9 cm³/mol. The van der Waals surface area contributed by atoms with Crippen molar-refractivity contribution in [2.45, 2.75) is 19.6 Å². The van der Waals surface area contributed by atoms with Gasteiger partial charge in [-0.15, -0.1) is 0 Å². The Bertz CT molecular complexity index is 828. The Kier molecular flexibility index (Phi) is 4.71. The minimum atomic E-state index is -1.11. The molecule has 3 rings (SSSR count). The van der Waals surface area contributed by atoms with Gasteiger partial charge in [-0.05, 0) is 13.0 Å². The van der Waals surface area contributed by atoms with Crippen molar-refractivity contribution in [1.82, 2.24) is 10.2 Å². The number of nitrogens with zero attached hydrogens (tertiary/aromatic N) is 1. The van der Waals surface area contributed by atoms with Crippen molar-refractivity contribution >= 4 is 28.9 Å². The predicted octanol–water partition coefficient (Wildman–Crippen LogP) is 1.68. The number of carbonyl (C=O) groups is 3. The molecule has 0 saturated carbocycles. The van der Waals surface area contributed by atoms with Crippen LogP contribution in [0.3, 0.4) is 0 Å². The van der Waals surface area contributed by atoms with Crippen LogP contribution < -0.4 is 5.32 Å². The Morgan fingerprint density at radius 3 is 2.80 bits per heavy atom. The average Bonchev–Trinajstić information content (AvgIpc) is 3.18. The van der Waals surface area contributed by atoms with E-state index in [9.17, 15) is 14.4 Å². The number of nitrogens with one attached hydrogen (secondary N) is 1. The zero-order chi connectivity index (χ0) is 18.0. The van der Waals surface area contributed by atoms with Crippen LogP contribution in [0, 0.1) is 0 Å². The fourth-order valence-electron chi connectivity index (χ4n) is 2.72. The molecule has 1 aliphatic heterocycles. The normalized spacial score (nSPS) is 15.3. The van der Waals surface area contributed by atoms with Crippen molar-refractivity contribution in [1.29, 1.82) is 0 Å². The first-order valence-corrected chi connectivity index (χ1v) is 7.82. The molecule has 0 spiro atoms. The summed E-state index contributed by atoms with van der Waals surface area (Å²) in [6.45, 7) is 2.22. The van der Waals surface area contributed by atoms with Crippen molar-refractivity contribution in [3.63, 3.8) is 0 Å². The number of benzene rings is 1. The van der Waals surface area contributed by atoms with E-state index in [1.807, 2.05) is 12.1 Å². The van der Waals surface area contributed by atoms with Gasteiger partial charge < -0.3 is 19.2 Å². The van der Waals surface area contributed by atoms with Crippen LogP contribution in [0.15, 0.2) is 28.7 Å². The number of methoxy groups -OCH3 is 1. The highest BCUT2D eigenvalue weighted by molar-refractivity contribution is 6.00. The van der Waals surface area contributed by atoms with E-state index in [2.05, 4.69) is 5.32 Å². The maximum atomic E-state index is 12.5. The van der Waals surface area contributed by atoms with Crippen LogP contribution in [0.2, 0.25) is 0 Å². The van der Waals surface area contributed by atoms with E-state index in [-0.39, 0.29) is 18.9 Å². The van der Waals surface area contributed by atoms with Crippen LogP contribution >= 0.6 is 0 Å². The molecule has 0 bridgehead atoms. The van der Waals surface area contributed by atoms with Crippen LogP contribution in [0.1, 0.15) is 23.0 Å². The highest BCUT2D eigenvalue weighted by Gasteiger charge is 2.33. The molecule has 25 heavy (non-hydrogen) atoms. The second-order valence-electron chi connectivity index (χ2n) is 5.61. The molecule has 2 aromatic rings. The standard InChI is InChI=1S/C17H18N2O6/c1-10(15(20)19-8-7-18-17(19)22)24-16(21)14-12(9-23-2)11-5-3-4-6-13(11)25-14/h3-6,10H,7-9H2,1-2H3,(H,18,22)/t10-/m0/s1. The Hall–Kier alpha value is -2.87. The summed E-state index contributed by atoms with van der Waals surface area (Å²) in [6.07, 6.45) is -1.11. The first kappa shape index (κ1) is 17.0. The topological polar surface area (TPSA) is 98.1 Å². The molecule has 132 valence electrons. The average molecular weight is 346 g/mol. The molecule has 0 unspecified atom stereocenters. The fraction of sp³-hybridized carbons (Fsp3) is 0.353. The molecule has 0 aliphatic carbocycles. The van der Waals surface area contributed by atoms with Crippen molar-refractivity contribution in [3.05, 3.63) is 35.6 Å². The lowest BCUT2D eigenvalue weighted by Gasteiger charge is -2.17. The number of esters is 1. The highest BCUT2D eigenvalue weighted by Crippen LogP contribution is 2.27. The van der Waals surface area contributed by atoms with E-state index in [0.29, 0.717) is 17.7 Å². The number of fused-ring (bicyclic) bond motifs is 1. The summed E-state index contributed by atoms with van der Waals surface area (Å²) in [6, 6.07) is 6.67. The molecule has 8 heteroatoms. The number of carbonyl (C=O) groups excluding carboxylic acids is 3. The van der Waals surface area contributed by atoms with E-state index in [4.69, 9.17) is 13.9 Å². The van der Waals surface area contributed by atoms with Gasteiger partial charge in [0.25, 0.3) is 5.91 Å². The van der Waals surface area contributed by atoms with Crippen molar-refractivity contribution < 1.29 is 28.3 Å². The Labute approximate surface area is 143 Å². The first-order chi connectivity index (χ1) is 12.0. The fourth-order valence-corrected chi connectivity index (χ4v) is 2.72. The van der Waals surface area contributed by atoms with Crippen LogP contribution in [0.4, 0.5) is 4.79 Å². The van der Waals surface area contributed by atoms with Gasteiger partial charge in [0.05, 0.1) is 6.61 Å². The molecule has 3 amide bonds.